The van der Waals surface area contributed by atoms with Crippen molar-refractivity contribution < 1.29 is 23.5 Å². The predicted molar refractivity (Wildman–Crippen MR) is 111 cm³/mol. The van der Waals surface area contributed by atoms with Gasteiger partial charge in [-0.25, -0.2) is 9.59 Å². The molecule has 2 aromatic carbocycles. The lowest BCUT2D eigenvalue weighted by Crippen LogP contribution is -2.08. The van der Waals surface area contributed by atoms with Crippen LogP contribution in [0.5, 0.6) is 11.5 Å². The number of carbonyl (C=O) groups is 2. The van der Waals surface area contributed by atoms with Crippen LogP contribution in [0.25, 0.3) is 11.0 Å². The Morgan fingerprint density at radius 3 is 2.52 bits per heavy atom. The normalized spacial score (nSPS) is 10.6. The van der Waals surface area contributed by atoms with Gasteiger partial charge in [-0.15, -0.1) is 0 Å². The minimum absolute atomic E-state index is 0.298. The van der Waals surface area contributed by atoms with Crippen LogP contribution in [-0.4, -0.2) is 28.0 Å². The molecule has 0 unspecified atom stereocenters. The van der Waals surface area contributed by atoms with E-state index in [0.29, 0.717) is 38.8 Å². The molecule has 148 valence electrons. The van der Waals surface area contributed by atoms with E-state index in [9.17, 15) is 14.4 Å². The summed E-state index contributed by atoms with van der Waals surface area (Å²) in [6, 6.07) is 15.6. The van der Waals surface area contributed by atoms with Gasteiger partial charge in [0.2, 0.25) is 0 Å². The van der Waals surface area contributed by atoms with Gasteiger partial charge in [-0.1, -0.05) is 18.9 Å². The van der Waals surface area contributed by atoms with Crippen LogP contribution in [0.4, 0.5) is 0 Å². The van der Waals surface area contributed by atoms with Crippen LogP contribution in [0.3, 0.4) is 0 Å². The maximum atomic E-state index is 12.3. The van der Waals surface area contributed by atoms with E-state index < -0.39 is 11.6 Å². The van der Waals surface area contributed by atoms with Crippen molar-refractivity contribution in [2.24, 2.45) is 0 Å². The van der Waals surface area contributed by atoms with Crippen LogP contribution in [0.1, 0.15) is 29.6 Å². The van der Waals surface area contributed by atoms with Gasteiger partial charge in [0.15, 0.2) is 0 Å². The van der Waals surface area contributed by atoms with E-state index in [1.165, 1.54) is 12.1 Å². The first-order valence-electron chi connectivity index (χ1n) is 9.32. The number of unbranched alkanes of at least 4 members (excludes halogenated alkanes) is 2. The molecule has 3 rings (SSSR count). The Bertz CT molecular complexity index is 1030. The number of hydrogen-bond donors (Lipinski definition) is 0. The molecule has 0 fully saturated rings. The van der Waals surface area contributed by atoms with Crippen molar-refractivity contribution in [1.82, 2.24) is 0 Å². The van der Waals surface area contributed by atoms with Gasteiger partial charge in [0, 0.05) is 17.5 Å². The molecule has 7 heteroatoms. The summed E-state index contributed by atoms with van der Waals surface area (Å²) >= 11 is 0. The summed E-state index contributed by atoms with van der Waals surface area (Å²) in [5, 5.41) is 0.745. The topological polar surface area (TPSA) is 82.8 Å². The molecule has 0 aliphatic rings. The summed E-state index contributed by atoms with van der Waals surface area (Å²) in [6.07, 6.45) is 2.98. The van der Waals surface area contributed by atoms with E-state index in [2.05, 4.69) is 0 Å². The molecule has 0 bridgehead atoms. The number of esters is 1. The molecule has 0 saturated heterocycles. The van der Waals surface area contributed by atoms with Crippen molar-refractivity contribution in [3.8, 4) is 11.5 Å². The molecule has 0 N–H and O–H groups in total. The highest BCUT2D eigenvalue weighted by Crippen LogP contribution is 2.21. The van der Waals surface area contributed by atoms with Crippen LogP contribution in [-0.2, 0) is 4.79 Å². The first kappa shape index (κ1) is 20.5. The van der Waals surface area contributed by atoms with Crippen molar-refractivity contribution in [3.63, 3.8) is 0 Å². The largest absolute Gasteiger partial charge is 0.494 e. The van der Waals surface area contributed by atoms with Gasteiger partial charge in [0.1, 0.15) is 26.6 Å². The summed E-state index contributed by atoms with van der Waals surface area (Å²) in [6.45, 7) is 0.594. The third kappa shape index (κ3) is 6.15. The van der Waals surface area contributed by atoms with Gasteiger partial charge < -0.3 is 18.7 Å². The van der Waals surface area contributed by atoms with Gasteiger partial charge >= 0.3 is 11.6 Å². The molecule has 0 saturated carbocycles. The molecule has 0 atom stereocenters. The second-order valence-corrected chi connectivity index (χ2v) is 7.49. The summed E-state index contributed by atoms with van der Waals surface area (Å²) in [7, 11) is 0.395. The lowest BCUT2D eigenvalue weighted by Gasteiger charge is -2.08. The number of benzene rings is 2. The lowest BCUT2D eigenvalue weighted by atomic mass is 10.2. The van der Waals surface area contributed by atoms with E-state index in [0.717, 1.165) is 36.6 Å². The third-order valence-electron chi connectivity index (χ3n) is 4.21. The molecule has 3 aromatic rings. The van der Waals surface area contributed by atoms with Crippen LogP contribution in [0.15, 0.2) is 63.8 Å². The number of ether oxygens (including phenoxy) is 2. The number of rotatable bonds is 10. The van der Waals surface area contributed by atoms with Crippen LogP contribution >= 0.6 is 0 Å². The maximum Gasteiger partial charge on any atom is 0.343 e. The second kappa shape index (κ2) is 10.4. The molecule has 6 nitrogen and oxygen atoms in total. The van der Waals surface area contributed by atoms with E-state index in [-0.39, 0.29) is 0 Å². The predicted octanol–water partition coefficient (Wildman–Crippen LogP) is 3.87. The minimum atomic E-state index is -0.509. The SMILES string of the molecule is O=C[Si]CCCCCOc1ccc(C(=O)Oc2ccc3ccc(=O)oc3c2)cc1. The van der Waals surface area contributed by atoms with Crippen molar-refractivity contribution in [1.29, 1.82) is 0 Å². The Hall–Kier alpha value is -3.19. The van der Waals surface area contributed by atoms with Crippen LogP contribution in [0, 0.1) is 0 Å². The summed E-state index contributed by atoms with van der Waals surface area (Å²) < 4.78 is 16.1. The van der Waals surface area contributed by atoms with Crippen molar-refractivity contribution in [2.75, 3.05) is 6.61 Å². The first-order valence-corrected chi connectivity index (χ1v) is 10.6. The fourth-order valence-corrected chi connectivity index (χ4v) is 3.28. The van der Waals surface area contributed by atoms with E-state index in [4.69, 9.17) is 13.9 Å². The summed E-state index contributed by atoms with van der Waals surface area (Å²) in [5.41, 5.74) is 0.290. The Balaban J connectivity index is 1.51. The Morgan fingerprint density at radius 1 is 0.966 bits per heavy atom. The summed E-state index contributed by atoms with van der Waals surface area (Å²) in [5.74, 6) is 1.45. The Morgan fingerprint density at radius 2 is 1.72 bits per heavy atom. The van der Waals surface area contributed by atoms with Gasteiger partial charge in [-0.05, 0) is 48.9 Å². The standard InChI is InChI=1S/C22H20O6Si/c23-15-29-13-3-1-2-12-26-18-8-5-17(6-9-18)22(25)27-19-10-4-16-7-11-21(24)28-20(16)14-19/h4-11,14-15H,1-3,12-13H2. The maximum absolute atomic E-state index is 12.3. The average molecular weight is 408 g/mol. The molecule has 1 aromatic heterocycles. The van der Waals surface area contributed by atoms with Crippen LogP contribution < -0.4 is 15.1 Å². The highest BCUT2D eigenvalue weighted by molar-refractivity contribution is 6.66. The smallest absolute Gasteiger partial charge is 0.343 e. The molecule has 0 aliphatic carbocycles. The molecule has 0 amide bonds. The summed E-state index contributed by atoms with van der Waals surface area (Å²) in [4.78, 5) is 33.9. The first-order chi connectivity index (χ1) is 14.2. The van der Waals surface area contributed by atoms with E-state index >= 15 is 0 Å². The molecule has 2 radical (unpaired) electrons. The fraction of sp³-hybridized carbons (Fsp3) is 0.227. The zero-order valence-electron chi connectivity index (χ0n) is 15.8. The quantitative estimate of drug-likeness (QED) is 0.126. The fourth-order valence-electron chi connectivity index (χ4n) is 2.71. The molecular formula is C22H20O6Si. The van der Waals surface area contributed by atoms with E-state index in [1.807, 2.05) is 0 Å². The number of hydrogen-bond acceptors (Lipinski definition) is 6. The monoisotopic (exact) mass is 408 g/mol. The average Bonchev–Trinajstić information content (AvgIpc) is 2.73. The van der Waals surface area contributed by atoms with Crippen molar-refractivity contribution in [2.45, 2.75) is 25.3 Å². The van der Waals surface area contributed by atoms with Gasteiger partial charge in [-0.3, -0.25) is 0 Å². The van der Waals surface area contributed by atoms with Gasteiger partial charge in [0.05, 0.1) is 18.1 Å². The van der Waals surface area contributed by atoms with Crippen molar-refractivity contribution in [3.05, 3.63) is 70.6 Å². The Labute approximate surface area is 170 Å². The van der Waals surface area contributed by atoms with E-state index in [1.54, 1.807) is 42.5 Å². The highest BCUT2D eigenvalue weighted by atomic mass is 28.2. The molecule has 1 heterocycles. The molecule has 29 heavy (non-hydrogen) atoms. The minimum Gasteiger partial charge on any atom is -0.494 e. The zero-order chi connectivity index (χ0) is 20.5. The van der Waals surface area contributed by atoms with Gasteiger partial charge in [0.25, 0.3) is 0 Å². The molecular weight excluding hydrogens is 388 g/mol. The van der Waals surface area contributed by atoms with Gasteiger partial charge in [-0.2, -0.15) is 0 Å². The molecule has 0 aliphatic heterocycles. The number of carbonyl (C=O) groups excluding carboxylic acids is 2. The lowest BCUT2D eigenvalue weighted by molar-refractivity contribution is 0.0735. The van der Waals surface area contributed by atoms with Crippen molar-refractivity contribution >= 4 is 32.4 Å². The second-order valence-electron chi connectivity index (χ2n) is 6.35. The highest BCUT2D eigenvalue weighted by Gasteiger charge is 2.10. The number of fused-ring (bicyclic) bond motifs is 1. The molecule has 0 spiro atoms. The zero-order valence-corrected chi connectivity index (χ0v) is 16.8. The van der Waals surface area contributed by atoms with Crippen LogP contribution in [0.2, 0.25) is 6.04 Å². The third-order valence-corrected chi connectivity index (χ3v) is 5.02. The Kier molecular flexibility index (Phi) is 7.35.